The molecular weight excluding hydrogens is 152 g/mol. The Labute approximate surface area is 61.5 Å². The molecule has 0 amide bonds. The van der Waals surface area contributed by atoms with Crippen molar-refractivity contribution in [1.29, 1.82) is 0 Å². The van der Waals surface area contributed by atoms with Gasteiger partial charge in [-0.05, 0) is 0 Å². The molecule has 0 spiro atoms. The number of ether oxygens (including phenoxy) is 1. The molecule has 1 rings (SSSR count). The summed E-state index contributed by atoms with van der Waals surface area (Å²) in [6.07, 6.45) is 0. The quantitative estimate of drug-likeness (QED) is 0.604. The van der Waals surface area contributed by atoms with Crippen molar-refractivity contribution in [2.45, 2.75) is 0 Å². The summed E-state index contributed by atoms with van der Waals surface area (Å²) in [5.41, 5.74) is -0.780. The number of hydrogen-bond acceptors (Lipinski definition) is 5. The molecule has 1 aromatic rings. The van der Waals surface area contributed by atoms with E-state index in [0.29, 0.717) is 0 Å². The lowest BCUT2D eigenvalue weighted by Crippen LogP contribution is -1.97. The molecular formula is C6H6O5. The van der Waals surface area contributed by atoms with Gasteiger partial charge in [-0.25, -0.2) is 4.79 Å². The Morgan fingerprint density at radius 2 is 2.18 bits per heavy atom. The van der Waals surface area contributed by atoms with Gasteiger partial charge in [-0.15, -0.1) is 0 Å². The first-order chi connectivity index (χ1) is 5.15. The summed E-state index contributed by atoms with van der Waals surface area (Å²) >= 11 is 0. The Bertz CT molecular complexity index is 313. The van der Waals surface area contributed by atoms with E-state index >= 15 is 0 Å². The number of aromatic hydroxyl groups is 2. The van der Waals surface area contributed by atoms with Crippen LogP contribution < -0.4 is 10.4 Å². The molecule has 1 aromatic heterocycles. The standard InChI is InChI=1S/C6H6O5/c1-10-3-2-4(7)11-6(9)5(3)8/h2,8-9H,1H3. The van der Waals surface area contributed by atoms with Gasteiger partial charge in [-0.3, -0.25) is 0 Å². The Kier molecular flexibility index (Phi) is 1.72. The van der Waals surface area contributed by atoms with Crippen molar-refractivity contribution in [3.8, 4) is 17.4 Å². The highest BCUT2D eigenvalue weighted by atomic mass is 16.5. The molecule has 0 aliphatic carbocycles. The van der Waals surface area contributed by atoms with Gasteiger partial charge in [0.05, 0.1) is 13.2 Å². The normalized spacial score (nSPS) is 9.55. The van der Waals surface area contributed by atoms with Crippen LogP contribution in [0.3, 0.4) is 0 Å². The van der Waals surface area contributed by atoms with Crippen molar-refractivity contribution in [2.24, 2.45) is 0 Å². The first kappa shape index (κ1) is 7.46. The second-order valence-corrected chi connectivity index (χ2v) is 1.79. The maximum Gasteiger partial charge on any atom is 0.342 e. The molecule has 2 N–H and O–H groups in total. The summed E-state index contributed by atoms with van der Waals surface area (Å²) in [5.74, 6) is -1.53. The summed E-state index contributed by atoms with van der Waals surface area (Å²) in [6.45, 7) is 0. The van der Waals surface area contributed by atoms with Crippen LogP contribution in [0.2, 0.25) is 0 Å². The third-order valence-electron chi connectivity index (χ3n) is 1.10. The van der Waals surface area contributed by atoms with Crippen molar-refractivity contribution >= 4 is 0 Å². The second-order valence-electron chi connectivity index (χ2n) is 1.79. The summed E-state index contributed by atoms with van der Waals surface area (Å²) in [6, 6.07) is 0.926. The number of methoxy groups -OCH3 is 1. The van der Waals surface area contributed by atoms with Crippen molar-refractivity contribution in [1.82, 2.24) is 0 Å². The molecule has 0 aliphatic rings. The van der Waals surface area contributed by atoms with E-state index in [1.807, 2.05) is 0 Å². The lowest BCUT2D eigenvalue weighted by Gasteiger charge is -2.00. The van der Waals surface area contributed by atoms with Crippen LogP contribution in [0, 0.1) is 0 Å². The molecule has 0 bridgehead atoms. The van der Waals surface area contributed by atoms with Crippen LogP contribution in [0.5, 0.6) is 17.4 Å². The SMILES string of the molecule is COc1cc(=O)oc(O)c1O. The van der Waals surface area contributed by atoms with E-state index in [1.165, 1.54) is 7.11 Å². The molecule has 0 aromatic carbocycles. The van der Waals surface area contributed by atoms with Crippen LogP contribution >= 0.6 is 0 Å². The molecule has 0 unspecified atom stereocenters. The highest BCUT2D eigenvalue weighted by Gasteiger charge is 2.10. The lowest BCUT2D eigenvalue weighted by atomic mass is 10.4. The van der Waals surface area contributed by atoms with Gasteiger partial charge in [0.15, 0.2) is 5.75 Å². The topological polar surface area (TPSA) is 79.9 Å². The molecule has 60 valence electrons. The highest BCUT2D eigenvalue weighted by molar-refractivity contribution is 5.42. The van der Waals surface area contributed by atoms with Gasteiger partial charge in [0, 0.05) is 0 Å². The molecule has 0 fully saturated rings. The lowest BCUT2D eigenvalue weighted by molar-refractivity contribution is 0.264. The molecule has 0 aliphatic heterocycles. The summed E-state index contributed by atoms with van der Waals surface area (Å²) in [5, 5.41) is 17.6. The zero-order valence-electron chi connectivity index (χ0n) is 5.70. The fourth-order valence-electron chi connectivity index (χ4n) is 0.609. The fourth-order valence-corrected chi connectivity index (χ4v) is 0.609. The van der Waals surface area contributed by atoms with E-state index < -0.39 is 17.3 Å². The van der Waals surface area contributed by atoms with Gasteiger partial charge in [0.25, 0.3) is 0 Å². The summed E-state index contributed by atoms with van der Waals surface area (Å²) in [4.78, 5) is 10.5. The summed E-state index contributed by atoms with van der Waals surface area (Å²) in [7, 11) is 1.26. The van der Waals surface area contributed by atoms with Crippen LogP contribution in [-0.4, -0.2) is 17.3 Å². The van der Waals surface area contributed by atoms with E-state index in [1.54, 1.807) is 0 Å². The van der Waals surface area contributed by atoms with E-state index in [0.717, 1.165) is 6.07 Å². The highest BCUT2D eigenvalue weighted by Crippen LogP contribution is 2.31. The largest absolute Gasteiger partial charge is 0.499 e. The van der Waals surface area contributed by atoms with Crippen molar-refractivity contribution < 1.29 is 19.4 Å². The van der Waals surface area contributed by atoms with Gasteiger partial charge in [-0.1, -0.05) is 0 Å². The minimum Gasteiger partial charge on any atom is -0.499 e. The molecule has 0 saturated carbocycles. The average molecular weight is 158 g/mol. The first-order valence-electron chi connectivity index (χ1n) is 2.75. The Hall–Kier alpha value is -1.65. The van der Waals surface area contributed by atoms with Crippen LogP contribution in [-0.2, 0) is 0 Å². The van der Waals surface area contributed by atoms with Crippen molar-refractivity contribution in [3.05, 3.63) is 16.5 Å². The smallest absolute Gasteiger partial charge is 0.342 e. The first-order valence-corrected chi connectivity index (χ1v) is 2.75. The monoisotopic (exact) mass is 158 g/mol. The van der Waals surface area contributed by atoms with Crippen LogP contribution in [0.15, 0.2) is 15.3 Å². The number of rotatable bonds is 1. The van der Waals surface area contributed by atoms with Gasteiger partial charge < -0.3 is 19.4 Å². The Morgan fingerprint density at radius 1 is 1.55 bits per heavy atom. The Morgan fingerprint density at radius 3 is 2.73 bits per heavy atom. The molecule has 1 heterocycles. The fraction of sp³-hybridized carbons (Fsp3) is 0.167. The van der Waals surface area contributed by atoms with Crippen LogP contribution in [0.25, 0.3) is 0 Å². The van der Waals surface area contributed by atoms with Crippen molar-refractivity contribution in [2.75, 3.05) is 7.11 Å². The van der Waals surface area contributed by atoms with E-state index in [-0.39, 0.29) is 5.75 Å². The molecule has 0 saturated heterocycles. The van der Waals surface area contributed by atoms with E-state index in [9.17, 15) is 4.79 Å². The zero-order chi connectivity index (χ0) is 8.43. The third-order valence-corrected chi connectivity index (χ3v) is 1.10. The van der Waals surface area contributed by atoms with Gasteiger partial charge in [-0.2, -0.15) is 0 Å². The van der Waals surface area contributed by atoms with E-state index in [4.69, 9.17) is 10.2 Å². The molecule has 0 radical (unpaired) electrons. The molecule has 11 heavy (non-hydrogen) atoms. The van der Waals surface area contributed by atoms with Crippen LogP contribution in [0.4, 0.5) is 0 Å². The second kappa shape index (κ2) is 2.53. The molecule has 0 atom stereocenters. The van der Waals surface area contributed by atoms with Crippen LogP contribution in [0.1, 0.15) is 0 Å². The zero-order valence-corrected chi connectivity index (χ0v) is 5.70. The maximum absolute atomic E-state index is 10.5. The molecule has 5 heteroatoms. The number of hydrogen-bond donors (Lipinski definition) is 2. The van der Waals surface area contributed by atoms with Gasteiger partial charge in [0.1, 0.15) is 0 Å². The van der Waals surface area contributed by atoms with Gasteiger partial charge in [0.2, 0.25) is 5.75 Å². The van der Waals surface area contributed by atoms with Crippen molar-refractivity contribution in [3.63, 3.8) is 0 Å². The summed E-state index contributed by atoms with van der Waals surface area (Å²) < 4.78 is 8.66. The average Bonchev–Trinajstić information content (AvgIpc) is 1.96. The third kappa shape index (κ3) is 1.26. The van der Waals surface area contributed by atoms with E-state index in [2.05, 4.69) is 9.15 Å². The molecule has 5 nitrogen and oxygen atoms in total. The predicted molar refractivity (Wildman–Crippen MR) is 34.9 cm³/mol. The Balaban J connectivity index is 3.36. The van der Waals surface area contributed by atoms with Gasteiger partial charge >= 0.3 is 11.6 Å². The minimum atomic E-state index is -0.839. The minimum absolute atomic E-state index is 0.112. The maximum atomic E-state index is 10.5. The predicted octanol–water partition coefficient (Wildman–Crippen LogP) is 0.0596.